The number of hydrogen-bond acceptors (Lipinski definition) is 2. The quantitative estimate of drug-likeness (QED) is 0.878. The zero-order valence-corrected chi connectivity index (χ0v) is 12.5. The molecule has 0 aliphatic heterocycles. The van der Waals surface area contributed by atoms with Gasteiger partial charge in [0.15, 0.2) is 0 Å². The normalized spacial score (nSPS) is 16.5. The highest BCUT2D eigenvalue weighted by Gasteiger charge is 2.29. The van der Waals surface area contributed by atoms with Crippen molar-refractivity contribution in [3.63, 3.8) is 0 Å². The third-order valence-corrected chi connectivity index (χ3v) is 3.77. The average molecular weight is 301 g/mol. The molecule has 1 aromatic rings. The molecule has 0 radical (unpaired) electrons. The lowest BCUT2D eigenvalue weighted by Crippen LogP contribution is -2.38. The number of benzene rings is 1. The number of amides is 1. The third-order valence-electron chi connectivity index (χ3n) is 3.77. The van der Waals surface area contributed by atoms with Crippen molar-refractivity contribution in [2.75, 3.05) is 13.6 Å². The van der Waals surface area contributed by atoms with Gasteiger partial charge >= 0.3 is 0 Å². The molecule has 1 aromatic carbocycles. The molecular weight excluding hydrogens is 279 g/mol. The summed E-state index contributed by atoms with van der Waals surface area (Å²) < 4.78 is 14.0. The van der Waals surface area contributed by atoms with Gasteiger partial charge in [-0.3, -0.25) is 4.79 Å². The van der Waals surface area contributed by atoms with Crippen molar-refractivity contribution in [2.45, 2.75) is 31.7 Å². The first kappa shape index (κ1) is 16.9. The molecule has 20 heavy (non-hydrogen) atoms. The molecule has 2 N–H and O–H groups in total. The Kier molecular flexibility index (Phi) is 6.96. The van der Waals surface area contributed by atoms with Gasteiger partial charge in [-0.25, -0.2) is 4.39 Å². The summed E-state index contributed by atoms with van der Waals surface area (Å²) in [6.07, 6.45) is 4.44. The highest BCUT2D eigenvalue weighted by atomic mass is 35.5. The van der Waals surface area contributed by atoms with Gasteiger partial charge in [0.2, 0.25) is 5.91 Å². The summed E-state index contributed by atoms with van der Waals surface area (Å²) >= 11 is 0. The van der Waals surface area contributed by atoms with E-state index in [1.165, 1.54) is 6.07 Å². The number of likely N-dealkylation sites (N-methyl/N-ethyl adjacent to an activating group) is 1. The standard InChI is InChI=1S/C15H21FN2O.ClH/c1-17-10-14(19)18-15(11-6-2-3-7-11)12-8-4-5-9-13(12)16;/h4-5,8-9,11,15,17H,2-3,6-7,10H2,1H3,(H,18,19);1H. The molecule has 5 heteroatoms. The van der Waals surface area contributed by atoms with E-state index in [1.807, 2.05) is 6.07 Å². The lowest BCUT2D eigenvalue weighted by molar-refractivity contribution is -0.121. The Morgan fingerprint density at radius 3 is 2.60 bits per heavy atom. The molecule has 1 fully saturated rings. The van der Waals surface area contributed by atoms with Crippen molar-refractivity contribution in [1.82, 2.24) is 10.6 Å². The third kappa shape index (κ3) is 4.18. The van der Waals surface area contributed by atoms with Crippen LogP contribution in [0.1, 0.15) is 37.3 Å². The number of carbonyl (C=O) groups excluding carboxylic acids is 1. The van der Waals surface area contributed by atoms with Crippen molar-refractivity contribution >= 4 is 18.3 Å². The maximum atomic E-state index is 14.0. The zero-order valence-electron chi connectivity index (χ0n) is 11.7. The maximum absolute atomic E-state index is 14.0. The van der Waals surface area contributed by atoms with Gasteiger partial charge in [-0.1, -0.05) is 31.0 Å². The van der Waals surface area contributed by atoms with E-state index in [0.29, 0.717) is 11.5 Å². The van der Waals surface area contributed by atoms with Crippen molar-refractivity contribution in [2.24, 2.45) is 5.92 Å². The molecule has 1 atom stereocenters. The predicted octanol–water partition coefficient (Wildman–Crippen LogP) is 2.81. The lowest BCUT2D eigenvalue weighted by Gasteiger charge is -2.25. The summed E-state index contributed by atoms with van der Waals surface area (Å²) in [4.78, 5) is 11.8. The molecule has 1 unspecified atom stereocenters. The highest BCUT2D eigenvalue weighted by Crippen LogP contribution is 2.36. The minimum absolute atomic E-state index is 0. The van der Waals surface area contributed by atoms with Crippen molar-refractivity contribution in [3.05, 3.63) is 35.6 Å². The first-order valence-electron chi connectivity index (χ1n) is 6.90. The van der Waals surface area contributed by atoms with E-state index in [2.05, 4.69) is 10.6 Å². The average Bonchev–Trinajstić information content (AvgIpc) is 2.91. The number of rotatable bonds is 5. The van der Waals surface area contributed by atoms with Gasteiger partial charge in [0.25, 0.3) is 0 Å². The summed E-state index contributed by atoms with van der Waals surface area (Å²) in [5, 5.41) is 5.80. The van der Waals surface area contributed by atoms with E-state index in [-0.39, 0.29) is 36.7 Å². The van der Waals surface area contributed by atoms with E-state index in [1.54, 1.807) is 19.2 Å². The summed E-state index contributed by atoms with van der Waals surface area (Å²) in [5.41, 5.74) is 0.610. The van der Waals surface area contributed by atoms with Crippen LogP contribution in [0.4, 0.5) is 4.39 Å². The molecule has 112 valence electrons. The van der Waals surface area contributed by atoms with Crippen LogP contribution < -0.4 is 10.6 Å². The van der Waals surface area contributed by atoms with Crippen LogP contribution in [0.2, 0.25) is 0 Å². The molecule has 0 saturated heterocycles. The van der Waals surface area contributed by atoms with E-state index >= 15 is 0 Å². The Labute approximate surface area is 125 Å². The second-order valence-electron chi connectivity index (χ2n) is 5.14. The second kappa shape index (κ2) is 8.22. The number of nitrogens with one attached hydrogen (secondary N) is 2. The molecule has 0 aromatic heterocycles. The molecule has 0 spiro atoms. The van der Waals surface area contributed by atoms with Crippen LogP contribution in [0.15, 0.2) is 24.3 Å². The first-order chi connectivity index (χ1) is 9.22. The smallest absolute Gasteiger partial charge is 0.234 e. The Balaban J connectivity index is 0.00000200. The molecular formula is C15H22ClFN2O. The number of carbonyl (C=O) groups is 1. The Bertz CT molecular complexity index is 436. The second-order valence-corrected chi connectivity index (χ2v) is 5.14. The zero-order chi connectivity index (χ0) is 13.7. The van der Waals surface area contributed by atoms with Crippen LogP contribution in [0.25, 0.3) is 0 Å². The Hall–Kier alpha value is -1.13. The van der Waals surface area contributed by atoms with Crippen molar-refractivity contribution < 1.29 is 9.18 Å². The summed E-state index contributed by atoms with van der Waals surface area (Å²) in [6, 6.07) is 6.54. The number of hydrogen-bond donors (Lipinski definition) is 2. The van der Waals surface area contributed by atoms with Gasteiger partial charge in [-0.05, 0) is 31.9 Å². The molecule has 3 nitrogen and oxygen atoms in total. The maximum Gasteiger partial charge on any atom is 0.234 e. The van der Waals surface area contributed by atoms with Gasteiger partial charge in [0, 0.05) is 5.56 Å². The molecule has 1 amide bonds. The molecule has 1 saturated carbocycles. The fourth-order valence-corrected chi connectivity index (χ4v) is 2.85. The SMILES string of the molecule is CNCC(=O)NC(c1ccccc1F)C1CCCC1.Cl. The van der Waals surface area contributed by atoms with Crippen LogP contribution >= 0.6 is 12.4 Å². The predicted molar refractivity (Wildman–Crippen MR) is 80.4 cm³/mol. The van der Waals surface area contributed by atoms with E-state index in [0.717, 1.165) is 25.7 Å². The van der Waals surface area contributed by atoms with Gasteiger partial charge in [-0.2, -0.15) is 0 Å². The van der Waals surface area contributed by atoms with Crippen molar-refractivity contribution in [1.29, 1.82) is 0 Å². The Morgan fingerprint density at radius 2 is 2.00 bits per heavy atom. The van der Waals surface area contributed by atoms with Crippen molar-refractivity contribution in [3.8, 4) is 0 Å². The summed E-state index contributed by atoms with van der Waals surface area (Å²) in [6.45, 7) is 0.262. The van der Waals surface area contributed by atoms with E-state index < -0.39 is 0 Å². The minimum Gasteiger partial charge on any atom is -0.348 e. The molecule has 0 bridgehead atoms. The molecule has 1 aliphatic rings. The van der Waals surface area contributed by atoms with E-state index in [9.17, 15) is 9.18 Å². The van der Waals surface area contributed by atoms with E-state index in [4.69, 9.17) is 0 Å². The van der Waals surface area contributed by atoms with Gasteiger partial charge < -0.3 is 10.6 Å². The first-order valence-corrected chi connectivity index (χ1v) is 6.90. The van der Waals surface area contributed by atoms with Gasteiger partial charge in [-0.15, -0.1) is 12.4 Å². The molecule has 2 rings (SSSR count). The van der Waals surface area contributed by atoms with Crippen LogP contribution in [-0.4, -0.2) is 19.5 Å². The van der Waals surface area contributed by atoms with Crippen LogP contribution in [0, 0.1) is 11.7 Å². The fourth-order valence-electron chi connectivity index (χ4n) is 2.85. The summed E-state index contributed by atoms with van der Waals surface area (Å²) in [5.74, 6) is 0.0320. The van der Waals surface area contributed by atoms with Crippen LogP contribution in [-0.2, 0) is 4.79 Å². The minimum atomic E-state index is -0.232. The monoisotopic (exact) mass is 300 g/mol. The summed E-state index contributed by atoms with van der Waals surface area (Å²) in [7, 11) is 1.73. The largest absolute Gasteiger partial charge is 0.348 e. The molecule has 1 aliphatic carbocycles. The topological polar surface area (TPSA) is 41.1 Å². The van der Waals surface area contributed by atoms with Crippen LogP contribution in [0.3, 0.4) is 0 Å². The van der Waals surface area contributed by atoms with Crippen LogP contribution in [0.5, 0.6) is 0 Å². The fraction of sp³-hybridized carbons (Fsp3) is 0.533. The Morgan fingerprint density at radius 1 is 1.35 bits per heavy atom. The number of halogens is 2. The molecule has 0 heterocycles. The van der Waals surface area contributed by atoms with Gasteiger partial charge in [0.05, 0.1) is 12.6 Å². The van der Waals surface area contributed by atoms with Gasteiger partial charge in [0.1, 0.15) is 5.82 Å². The lowest BCUT2D eigenvalue weighted by atomic mass is 9.91. The highest BCUT2D eigenvalue weighted by molar-refractivity contribution is 5.85.